The van der Waals surface area contributed by atoms with Crippen molar-refractivity contribution in [3.05, 3.63) is 35.9 Å². The van der Waals surface area contributed by atoms with Gasteiger partial charge in [0.15, 0.2) is 5.78 Å². The highest BCUT2D eigenvalue weighted by Crippen LogP contribution is 2.38. The fourth-order valence-corrected chi connectivity index (χ4v) is 3.34. The minimum absolute atomic E-state index is 0.0119. The molecule has 1 spiro atoms. The molecule has 2 atom stereocenters. The SMILES string of the molecule is CC(C)C[C@H](NC(=O)OC(C)(C)C)C(=O)CN1N=C(CCc2ccccc2)OC12CO2. The summed E-state index contributed by atoms with van der Waals surface area (Å²) in [7, 11) is 0. The van der Waals surface area contributed by atoms with Gasteiger partial charge >= 0.3 is 12.0 Å². The number of rotatable bonds is 9. The smallest absolute Gasteiger partial charge is 0.408 e. The zero-order valence-electron chi connectivity index (χ0n) is 19.0. The van der Waals surface area contributed by atoms with Crippen molar-refractivity contribution in [3.8, 4) is 0 Å². The normalized spacial score (nSPS) is 21.0. The van der Waals surface area contributed by atoms with Gasteiger partial charge in [-0.15, -0.1) is 5.10 Å². The number of Topliss-reactive ketones (excluding diaryl/α,β-unsaturated/α-hetero) is 1. The molecule has 2 heterocycles. The van der Waals surface area contributed by atoms with E-state index in [0.29, 0.717) is 25.3 Å². The Morgan fingerprint density at radius 3 is 2.48 bits per heavy atom. The Balaban J connectivity index is 1.61. The van der Waals surface area contributed by atoms with Crippen LogP contribution in [0.3, 0.4) is 0 Å². The van der Waals surface area contributed by atoms with Crippen molar-refractivity contribution in [1.29, 1.82) is 0 Å². The van der Waals surface area contributed by atoms with Gasteiger partial charge in [-0.2, -0.15) is 0 Å². The number of aryl methyl sites for hydroxylation is 1. The lowest BCUT2D eigenvalue weighted by molar-refractivity contribution is -0.128. The molecule has 8 heteroatoms. The van der Waals surface area contributed by atoms with E-state index in [-0.39, 0.29) is 18.2 Å². The Labute approximate surface area is 183 Å². The molecule has 0 aromatic heterocycles. The summed E-state index contributed by atoms with van der Waals surface area (Å²) in [5.41, 5.74) is 0.551. The highest BCUT2D eigenvalue weighted by Gasteiger charge is 2.59. The average molecular weight is 432 g/mol. The lowest BCUT2D eigenvalue weighted by atomic mass is 10.00. The monoisotopic (exact) mass is 431 g/mol. The van der Waals surface area contributed by atoms with Crippen molar-refractivity contribution < 1.29 is 23.8 Å². The Morgan fingerprint density at radius 1 is 1.23 bits per heavy atom. The predicted octanol–water partition coefficient (Wildman–Crippen LogP) is 3.46. The van der Waals surface area contributed by atoms with Crippen molar-refractivity contribution in [1.82, 2.24) is 10.3 Å². The molecule has 1 fully saturated rings. The van der Waals surface area contributed by atoms with E-state index in [2.05, 4.69) is 22.6 Å². The topological polar surface area (TPSA) is 92.8 Å². The number of carbonyl (C=O) groups is 2. The lowest BCUT2D eigenvalue weighted by Crippen LogP contribution is -2.48. The minimum atomic E-state index is -0.976. The van der Waals surface area contributed by atoms with Gasteiger partial charge in [-0.1, -0.05) is 44.2 Å². The Bertz CT molecular complexity index is 812. The van der Waals surface area contributed by atoms with Crippen LogP contribution in [0.4, 0.5) is 4.79 Å². The van der Waals surface area contributed by atoms with E-state index in [1.54, 1.807) is 25.8 Å². The van der Waals surface area contributed by atoms with Crippen LogP contribution in [-0.4, -0.2) is 53.5 Å². The summed E-state index contributed by atoms with van der Waals surface area (Å²) in [6.45, 7) is 9.70. The highest BCUT2D eigenvalue weighted by molar-refractivity contribution is 5.89. The van der Waals surface area contributed by atoms with Gasteiger partial charge in [0.1, 0.15) is 18.8 Å². The predicted molar refractivity (Wildman–Crippen MR) is 116 cm³/mol. The molecule has 8 nitrogen and oxygen atoms in total. The third-order valence-electron chi connectivity index (χ3n) is 4.86. The maximum atomic E-state index is 13.0. The number of benzene rings is 1. The molecular formula is C23H33N3O5. The van der Waals surface area contributed by atoms with Crippen molar-refractivity contribution >= 4 is 17.8 Å². The van der Waals surface area contributed by atoms with Gasteiger partial charge < -0.3 is 19.5 Å². The largest absolute Gasteiger partial charge is 0.444 e. The van der Waals surface area contributed by atoms with E-state index in [1.807, 2.05) is 32.0 Å². The molecule has 1 N–H and O–H groups in total. The number of hydrazone groups is 1. The standard InChI is InChI=1S/C23H33N3O5/c1-16(2)13-18(24-21(28)31-22(3,4)5)19(27)14-26-23(15-29-23)30-20(25-26)12-11-17-9-7-6-8-10-17/h6-10,16,18H,11-15H2,1-5H3,(H,24,28)/t18-,23?/m0/s1. The lowest BCUT2D eigenvalue weighted by Gasteiger charge is -2.25. The van der Waals surface area contributed by atoms with E-state index in [0.717, 1.165) is 6.42 Å². The van der Waals surface area contributed by atoms with E-state index in [9.17, 15) is 9.59 Å². The number of amides is 1. The van der Waals surface area contributed by atoms with E-state index >= 15 is 0 Å². The van der Waals surface area contributed by atoms with Gasteiger partial charge in [-0.05, 0) is 45.1 Å². The Hall–Kier alpha value is -2.61. The van der Waals surface area contributed by atoms with Crippen LogP contribution in [0.15, 0.2) is 35.4 Å². The molecule has 1 saturated heterocycles. The van der Waals surface area contributed by atoms with Crippen LogP contribution in [-0.2, 0) is 25.4 Å². The number of ether oxygens (including phenoxy) is 3. The first-order valence-electron chi connectivity index (χ1n) is 10.8. The van der Waals surface area contributed by atoms with Crippen LogP contribution in [0.25, 0.3) is 0 Å². The van der Waals surface area contributed by atoms with Crippen LogP contribution >= 0.6 is 0 Å². The molecule has 0 saturated carbocycles. The Morgan fingerprint density at radius 2 is 1.90 bits per heavy atom. The molecule has 3 rings (SSSR count). The second-order valence-corrected chi connectivity index (χ2v) is 9.44. The van der Waals surface area contributed by atoms with Crippen LogP contribution in [0, 0.1) is 5.92 Å². The summed E-state index contributed by atoms with van der Waals surface area (Å²) in [5.74, 6) is -0.369. The number of nitrogens with zero attached hydrogens (tertiary/aromatic N) is 2. The summed E-state index contributed by atoms with van der Waals surface area (Å²) in [6, 6.07) is 9.41. The van der Waals surface area contributed by atoms with Gasteiger partial charge in [0, 0.05) is 6.42 Å². The number of epoxide rings is 1. The summed E-state index contributed by atoms with van der Waals surface area (Å²) < 4.78 is 16.7. The third kappa shape index (κ3) is 6.69. The van der Waals surface area contributed by atoms with Gasteiger partial charge in [0.05, 0.1) is 6.04 Å². The minimum Gasteiger partial charge on any atom is -0.444 e. The second kappa shape index (κ2) is 9.26. The van der Waals surface area contributed by atoms with Crippen LogP contribution < -0.4 is 5.32 Å². The van der Waals surface area contributed by atoms with Crippen LogP contribution in [0.5, 0.6) is 0 Å². The van der Waals surface area contributed by atoms with E-state index in [1.165, 1.54) is 5.56 Å². The van der Waals surface area contributed by atoms with Crippen molar-refractivity contribution in [3.63, 3.8) is 0 Å². The first-order valence-corrected chi connectivity index (χ1v) is 10.8. The number of alkyl carbamates (subject to hydrolysis) is 1. The fraction of sp³-hybridized carbons (Fsp3) is 0.609. The first-order chi connectivity index (χ1) is 14.6. The maximum Gasteiger partial charge on any atom is 0.408 e. The van der Waals surface area contributed by atoms with Gasteiger partial charge in [-0.25, -0.2) is 9.80 Å². The van der Waals surface area contributed by atoms with E-state index < -0.39 is 23.6 Å². The van der Waals surface area contributed by atoms with Gasteiger partial charge in [0.25, 0.3) is 0 Å². The molecule has 0 bridgehead atoms. The number of hydrogen-bond donors (Lipinski definition) is 1. The Kier molecular flexibility index (Phi) is 6.89. The van der Waals surface area contributed by atoms with Crippen molar-refractivity contribution in [2.45, 2.75) is 71.4 Å². The summed E-state index contributed by atoms with van der Waals surface area (Å²) in [4.78, 5) is 25.3. The molecule has 1 unspecified atom stereocenters. The second-order valence-electron chi connectivity index (χ2n) is 9.44. The number of carbonyl (C=O) groups excluding carboxylic acids is 2. The zero-order valence-corrected chi connectivity index (χ0v) is 19.0. The molecule has 1 amide bonds. The van der Waals surface area contributed by atoms with E-state index in [4.69, 9.17) is 14.2 Å². The highest BCUT2D eigenvalue weighted by atomic mass is 16.8. The molecule has 0 aliphatic carbocycles. The molecule has 1 aromatic carbocycles. The molecular weight excluding hydrogens is 398 g/mol. The fourth-order valence-electron chi connectivity index (χ4n) is 3.34. The third-order valence-corrected chi connectivity index (χ3v) is 4.86. The van der Waals surface area contributed by atoms with Gasteiger partial charge in [0.2, 0.25) is 5.90 Å². The molecule has 1 aromatic rings. The average Bonchev–Trinajstić information content (AvgIpc) is 3.36. The summed E-state index contributed by atoms with van der Waals surface area (Å²) in [6.07, 6.45) is 1.30. The van der Waals surface area contributed by atoms with Crippen LogP contribution in [0.2, 0.25) is 0 Å². The first kappa shape index (κ1) is 23.1. The molecule has 170 valence electrons. The molecule has 0 radical (unpaired) electrons. The molecule has 2 aliphatic heterocycles. The number of ketones is 1. The molecule has 2 aliphatic rings. The maximum absolute atomic E-state index is 13.0. The number of nitrogens with one attached hydrogen (secondary N) is 1. The van der Waals surface area contributed by atoms with Crippen molar-refractivity contribution in [2.24, 2.45) is 11.0 Å². The zero-order chi connectivity index (χ0) is 22.6. The van der Waals surface area contributed by atoms with Gasteiger partial charge in [-0.3, -0.25) is 4.79 Å². The number of hydrogen-bond acceptors (Lipinski definition) is 7. The molecule has 31 heavy (non-hydrogen) atoms. The summed E-state index contributed by atoms with van der Waals surface area (Å²) in [5, 5.41) is 8.77. The summed E-state index contributed by atoms with van der Waals surface area (Å²) >= 11 is 0. The van der Waals surface area contributed by atoms with Crippen molar-refractivity contribution in [2.75, 3.05) is 13.2 Å². The quantitative estimate of drug-likeness (QED) is 0.602. The van der Waals surface area contributed by atoms with Crippen LogP contribution in [0.1, 0.15) is 53.0 Å².